The van der Waals surface area contributed by atoms with Crippen LogP contribution >= 0.6 is 0 Å². The molecule has 2 atom stereocenters. The molecule has 0 bridgehead atoms. The molecular weight excluding hydrogens is 252 g/mol. The molecule has 114 valence electrons. The van der Waals surface area contributed by atoms with Crippen molar-refractivity contribution in [2.75, 3.05) is 32.7 Å². The number of hydrogen-bond donors (Lipinski definition) is 2. The maximum absolute atomic E-state index is 11.6. The van der Waals surface area contributed by atoms with E-state index in [0.717, 1.165) is 37.4 Å². The van der Waals surface area contributed by atoms with Crippen molar-refractivity contribution in [3.8, 4) is 0 Å². The lowest BCUT2D eigenvalue weighted by Gasteiger charge is -2.22. The van der Waals surface area contributed by atoms with E-state index in [-0.39, 0.29) is 12.5 Å². The molecule has 2 aliphatic rings. The van der Waals surface area contributed by atoms with Crippen molar-refractivity contribution in [2.24, 2.45) is 16.8 Å². The van der Waals surface area contributed by atoms with Gasteiger partial charge in [0.25, 0.3) is 0 Å². The Bertz CT molecular complexity index is 342. The SMILES string of the molecule is CCNC(=O)CN=C(NCC)N1CC2CCCCC2C1. The molecule has 20 heavy (non-hydrogen) atoms. The van der Waals surface area contributed by atoms with Crippen LogP contribution in [0, 0.1) is 11.8 Å². The summed E-state index contributed by atoms with van der Waals surface area (Å²) in [6.45, 7) is 7.95. The number of rotatable bonds is 4. The van der Waals surface area contributed by atoms with Gasteiger partial charge in [-0.25, -0.2) is 4.99 Å². The third-order valence-electron chi connectivity index (χ3n) is 4.36. The fourth-order valence-corrected chi connectivity index (χ4v) is 3.40. The Kier molecular flexibility index (Phi) is 5.68. The molecule has 1 saturated carbocycles. The van der Waals surface area contributed by atoms with Crippen LogP contribution in [-0.2, 0) is 4.79 Å². The predicted octanol–water partition coefficient (Wildman–Crippen LogP) is 1.21. The smallest absolute Gasteiger partial charge is 0.241 e. The van der Waals surface area contributed by atoms with Crippen LogP contribution < -0.4 is 10.6 Å². The number of carbonyl (C=O) groups excluding carboxylic acids is 1. The minimum atomic E-state index is -0.000448. The van der Waals surface area contributed by atoms with Crippen LogP contribution in [0.1, 0.15) is 39.5 Å². The number of nitrogens with zero attached hydrogens (tertiary/aromatic N) is 2. The Labute approximate surface area is 122 Å². The quantitative estimate of drug-likeness (QED) is 0.601. The van der Waals surface area contributed by atoms with Crippen LogP contribution in [0.15, 0.2) is 4.99 Å². The van der Waals surface area contributed by atoms with Gasteiger partial charge in [-0.3, -0.25) is 4.79 Å². The maximum Gasteiger partial charge on any atom is 0.241 e. The molecule has 1 aliphatic heterocycles. The molecule has 0 aromatic carbocycles. The summed E-state index contributed by atoms with van der Waals surface area (Å²) in [4.78, 5) is 18.4. The molecular formula is C15H28N4O. The average Bonchev–Trinajstić information content (AvgIpc) is 2.87. The first-order valence-electron chi connectivity index (χ1n) is 8.04. The van der Waals surface area contributed by atoms with E-state index in [4.69, 9.17) is 0 Å². The van der Waals surface area contributed by atoms with Gasteiger partial charge in [-0.15, -0.1) is 0 Å². The number of fused-ring (bicyclic) bond motifs is 1. The number of guanidine groups is 1. The van der Waals surface area contributed by atoms with Crippen LogP contribution in [0.5, 0.6) is 0 Å². The molecule has 1 heterocycles. The summed E-state index contributed by atoms with van der Waals surface area (Å²) < 4.78 is 0. The zero-order valence-electron chi connectivity index (χ0n) is 12.8. The number of aliphatic imine (C=N–C) groups is 1. The molecule has 5 heteroatoms. The van der Waals surface area contributed by atoms with E-state index >= 15 is 0 Å². The van der Waals surface area contributed by atoms with Crippen LogP contribution in [-0.4, -0.2) is 49.5 Å². The van der Waals surface area contributed by atoms with Gasteiger partial charge in [-0.1, -0.05) is 12.8 Å². The van der Waals surface area contributed by atoms with Gasteiger partial charge in [0, 0.05) is 26.2 Å². The molecule has 0 aromatic rings. The highest BCUT2D eigenvalue weighted by Gasteiger charge is 2.35. The van der Waals surface area contributed by atoms with E-state index in [1.165, 1.54) is 25.7 Å². The van der Waals surface area contributed by atoms with E-state index < -0.39 is 0 Å². The topological polar surface area (TPSA) is 56.7 Å². The van der Waals surface area contributed by atoms with Crippen molar-refractivity contribution in [1.82, 2.24) is 15.5 Å². The lowest BCUT2D eigenvalue weighted by Crippen LogP contribution is -2.41. The average molecular weight is 280 g/mol. The molecule has 1 amide bonds. The monoisotopic (exact) mass is 280 g/mol. The lowest BCUT2D eigenvalue weighted by molar-refractivity contribution is -0.119. The summed E-state index contributed by atoms with van der Waals surface area (Å²) in [6, 6.07) is 0. The highest BCUT2D eigenvalue weighted by molar-refractivity contribution is 5.85. The highest BCUT2D eigenvalue weighted by Crippen LogP contribution is 2.35. The first-order valence-corrected chi connectivity index (χ1v) is 8.04. The fraction of sp³-hybridized carbons (Fsp3) is 0.867. The molecule has 2 fully saturated rings. The molecule has 1 aliphatic carbocycles. The van der Waals surface area contributed by atoms with E-state index in [0.29, 0.717) is 6.54 Å². The standard InChI is InChI=1S/C15H28N4O/c1-3-16-14(20)9-18-15(17-4-2)19-10-12-7-5-6-8-13(12)11-19/h12-13H,3-11H2,1-2H3,(H,16,20)(H,17,18). The van der Waals surface area contributed by atoms with Crippen LogP contribution in [0.3, 0.4) is 0 Å². The third kappa shape index (κ3) is 3.87. The minimum Gasteiger partial charge on any atom is -0.357 e. The van der Waals surface area contributed by atoms with Gasteiger partial charge in [0.05, 0.1) is 0 Å². The van der Waals surface area contributed by atoms with Crippen molar-refractivity contribution in [2.45, 2.75) is 39.5 Å². The molecule has 2 rings (SSSR count). The number of nitrogens with one attached hydrogen (secondary N) is 2. The molecule has 0 radical (unpaired) electrons. The second-order valence-corrected chi connectivity index (χ2v) is 5.83. The van der Waals surface area contributed by atoms with E-state index in [1.54, 1.807) is 0 Å². The Morgan fingerprint density at radius 3 is 2.25 bits per heavy atom. The summed E-state index contributed by atoms with van der Waals surface area (Å²) in [5.74, 6) is 2.57. The Morgan fingerprint density at radius 2 is 1.70 bits per heavy atom. The minimum absolute atomic E-state index is 0.000448. The number of likely N-dealkylation sites (tertiary alicyclic amines) is 1. The summed E-state index contributed by atoms with van der Waals surface area (Å²) in [7, 11) is 0. The lowest BCUT2D eigenvalue weighted by atomic mass is 9.82. The number of carbonyl (C=O) groups is 1. The molecule has 1 saturated heterocycles. The molecule has 0 spiro atoms. The first-order chi connectivity index (χ1) is 9.74. The van der Waals surface area contributed by atoms with Gasteiger partial charge in [0.15, 0.2) is 5.96 Å². The van der Waals surface area contributed by atoms with Crippen molar-refractivity contribution < 1.29 is 4.79 Å². The molecule has 5 nitrogen and oxygen atoms in total. The van der Waals surface area contributed by atoms with Gasteiger partial charge >= 0.3 is 0 Å². The number of hydrogen-bond acceptors (Lipinski definition) is 2. The van der Waals surface area contributed by atoms with Crippen LogP contribution in [0.4, 0.5) is 0 Å². The Balaban J connectivity index is 1.94. The number of likely N-dealkylation sites (N-methyl/N-ethyl adjacent to an activating group) is 1. The first kappa shape index (κ1) is 15.1. The summed E-state index contributed by atoms with van der Waals surface area (Å²) in [5, 5.41) is 6.12. The largest absolute Gasteiger partial charge is 0.357 e. The highest BCUT2D eigenvalue weighted by atomic mass is 16.1. The maximum atomic E-state index is 11.6. The van der Waals surface area contributed by atoms with Crippen molar-refractivity contribution >= 4 is 11.9 Å². The fourth-order valence-electron chi connectivity index (χ4n) is 3.40. The Hall–Kier alpha value is -1.26. The van der Waals surface area contributed by atoms with Gasteiger partial charge in [-0.05, 0) is 38.5 Å². The van der Waals surface area contributed by atoms with Crippen molar-refractivity contribution in [1.29, 1.82) is 0 Å². The zero-order chi connectivity index (χ0) is 14.4. The second kappa shape index (κ2) is 7.50. The van der Waals surface area contributed by atoms with Crippen molar-refractivity contribution in [3.05, 3.63) is 0 Å². The molecule has 2 N–H and O–H groups in total. The van der Waals surface area contributed by atoms with Gasteiger partial charge in [0.1, 0.15) is 6.54 Å². The van der Waals surface area contributed by atoms with Crippen LogP contribution in [0.25, 0.3) is 0 Å². The third-order valence-corrected chi connectivity index (χ3v) is 4.36. The number of amides is 1. The molecule has 2 unspecified atom stereocenters. The van der Waals surface area contributed by atoms with Gasteiger partial charge in [0.2, 0.25) is 5.91 Å². The summed E-state index contributed by atoms with van der Waals surface area (Å²) >= 11 is 0. The van der Waals surface area contributed by atoms with Gasteiger partial charge in [-0.2, -0.15) is 0 Å². The zero-order valence-corrected chi connectivity index (χ0v) is 12.8. The predicted molar refractivity (Wildman–Crippen MR) is 81.7 cm³/mol. The van der Waals surface area contributed by atoms with Gasteiger partial charge < -0.3 is 15.5 Å². The van der Waals surface area contributed by atoms with E-state index in [9.17, 15) is 4.79 Å². The summed E-state index contributed by atoms with van der Waals surface area (Å²) in [6.07, 6.45) is 5.47. The van der Waals surface area contributed by atoms with Crippen LogP contribution in [0.2, 0.25) is 0 Å². The van der Waals surface area contributed by atoms with E-state index in [2.05, 4.69) is 27.4 Å². The van der Waals surface area contributed by atoms with Crippen molar-refractivity contribution in [3.63, 3.8) is 0 Å². The van der Waals surface area contributed by atoms with E-state index in [1.807, 2.05) is 6.92 Å². The Morgan fingerprint density at radius 1 is 1.10 bits per heavy atom. The second-order valence-electron chi connectivity index (χ2n) is 5.83. The molecule has 0 aromatic heterocycles. The summed E-state index contributed by atoms with van der Waals surface area (Å²) in [5.41, 5.74) is 0. The normalized spacial score (nSPS) is 26.3.